The van der Waals surface area contributed by atoms with Crippen molar-refractivity contribution >= 4 is 24.1 Å². The van der Waals surface area contributed by atoms with E-state index in [2.05, 4.69) is 0 Å². The molecule has 1 saturated carbocycles. The zero-order valence-electron chi connectivity index (χ0n) is 20.2. The van der Waals surface area contributed by atoms with E-state index < -0.39 is 0 Å². The highest BCUT2D eigenvalue weighted by Gasteiger charge is 2.21. The van der Waals surface area contributed by atoms with Gasteiger partial charge in [-0.25, -0.2) is 9.59 Å². The maximum atomic E-state index is 11.2. The largest absolute Gasteiger partial charge is 0.463 e. The van der Waals surface area contributed by atoms with Gasteiger partial charge in [0.25, 0.3) is 0 Å². The Balaban J connectivity index is 0.000000362. The molecule has 0 unspecified atom stereocenters. The van der Waals surface area contributed by atoms with Gasteiger partial charge >= 0.3 is 11.9 Å². The predicted octanol–water partition coefficient (Wildman–Crippen LogP) is 3.15. The molecule has 1 aliphatic carbocycles. The summed E-state index contributed by atoms with van der Waals surface area (Å²) >= 11 is 0. The van der Waals surface area contributed by atoms with Gasteiger partial charge in [-0.3, -0.25) is 0 Å². The van der Waals surface area contributed by atoms with Crippen LogP contribution in [0, 0.1) is 0 Å². The number of rotatable bonds is 12. The molecule has 0 radical (unpaired) electrons. The van der Waals surface area contributed by atoms with Gasteiger partial charge < -0.3 is 29.2 Å². The van der Waals surface area contributed by atoms with Crippen LogP contribution in [-0.2, 0) is 28.5 Å². The second-order valence-corrected chi connectivity index (χ2v) is 7.42. The first-order valence-corrected chi connectivity index (χ1v) is 11.8. The fourth-order valence-electron chi connectivity index (χ4n) is 3.23. The van der Waals surface area contributed by atoms with Crippen molar-refractivity contribution < 1.29 is 38.7 Å². The fraction of sp³-hybridized carbons (Fsp3) is 0.538. The lowest BCUT2D eigenvalue weighted by Gasteiger charge is -2.28. The molecule has 2 rings (SSSR count). The standard InChI is InChI=1S/C16H18O4.C10H20O4/c1-3-19-15(17)11-9-13-5-7-14(8-6-13)10-12-16(18)20-4-2;11-5-7-13-9-1-2-10(4-3-9)14-8-6-12/h5-12H,3-4H2,1-2H3;9-12H,1-8H2/b11-9+,12-10+;. The van der Waals surface area contributed by atoms with Gasteiger partial charge in [-0.05, 0) is 62.8 Å². The molecule has 1 aromatic rings. The van der Waals surface area contributed by atoms with E-state index in [1.807, 2.05) is 24.3 Å². The number of carbonyl (C=O) groups is 2. The average molecular weight is 479 g/mol. The minimum Gasteiger partial charge on any atom is -0.463 e. The Morgan fingerprint density at radius 1 is 0.765 bits per heavy atom. The smallest absolute Gasteiger partial charge is 0.330 e. The van der Waals surface area contributed by atoms with Crippen LogP contribution in [0.25, 0.3) is 12.2 Å². The number of carbonyl (C=O) groups excluding carboxylic acids is 2. The lowest BCUT2D eigenvalue weighted by molar-refractivity contribution is -0.138. The summed E-state index contributed by atoms with van der Waals surface area (Å²) in [5.41, 5.74) is 1.76. The molecule has 0 aromatic heterocycles. The van der Waals surface area contributed by atoms with E-state index in [1.54, 1.807) is 26.0 Å². The van der Waals surface area contributed by atoms with Gasteiger partial charge in [-0.15, -0.1) is 0 Å². The Hall–Kier alpha value is -2.52. The summed E-state index contributed by atoms with van der Waals surface area (Å²) in [6.07, 6.45) is 10.7. The molecule has 1 aliphatic rings. The fourth-order valence-corrected chi connectivity index (χ4v) is 3.23. The zero-order valence-corrected chi connectivity index (χ0v) is 20.2. The van der Waals surface area contributed by atoms with Crippen molar-refractivity contribution in [2.45, 2.75) is 51.7 Å². The summed E-state index contributed by atoms with van der Waals surface area (Å²) in [6.45, 7) is 5.32. The molecule has 0 bridgehead atoms. The summed E-state index contributed by atoms with van der Waals surface area (Å²) in [5, 5.41) is 17.2. The van der Waals surface area contributed by atoms with Gasteiger partial charge in [0.05, 0.1) is 51.8 Å². The van der Waals surface area contributed by atoms with Crippen LogP contribution in [0.4, 0.5) is 0 Å². The molecule has 8 heteroatoms. The van der Waals surface area contributed by atoms with E-state index in [0.29, 0.717) is 26.4 Å². The van der Waals surface area contributed by atoms with Gasteiger partial charge in [0.2, 0.25) is 0 Å². The van der Waals surface area contributed by atoms with E-state index in [0.717, 1.165) is 36.8 Å². The Kier molecular flexibility index (Phi) is 16.4. The number of hydrogen-bond donors (Lipinski definition) is 2. The lowest BCUT2D eigenvalue weighted by atomic mass is 9.95. The number of esters is 2. The van der Waals surface area contributed by atoms with E-state index in [-0.39, 0.29) is 37.4 Å². The lowest BCUT2D eigenvalue weighted by Crippen LogP contribution is -2.27. The number of benzene rings is 1. The topological polar surface area (TPSA) is 112 Å². The Bertz CT molecular complexity index is 671. The van der Waals surface area contributed by atoms with E-state index in [1.165, 1.54) is 12.2 Å². The molecule has 1 fully saturated rings. The van der Waals surface area contributed by atoms with Crippen molar-refractivity contribution in [1.29, 1.82) is 0 Å². The highest BCUT2D eigenvalue weighted by molar-refractivity contribution is 5.88. The normalized spacial score (nSPS) is 17.9. The van der Waals surface area contributed by atoms with Crippen LogP contribution >= 0.6 is 0 Å². The first-order chi connectivity index (χ1) is 16.5. The maximum Gasteiger partial charge on any atom is 0.330 e. The molecule has 0 spiro atoms. The summed E-state index contributed by atoms with van der Waals surface area (Å²) in [5.74, 6) is -0.724. The number of aliphatic hydroxyl groups excluding tert-OH is 2. The highest BCUT2D eigenvalue weighted by atomic mass is 16.5. The van der Waals surface area contributed by atoms with Gasteiger partial charge in [0.1, 0.15) is 0 Å². The third kappa shape index (κ3) is 13.9. The molecule has 1 aromatic carbocycles. The van der Waals surface area contributed by atoms with Crippen molar-refractivity contribution in [3.63, 3.8) is 0 Å². The molecule has 8 nitrogen and oxygen atoms in total. The molecule has 0 heterocycles. The van der Waals surface area contributed by atoms with Crippen molar-refractivity contribution in [3.05, 3.63) is 47.5 Å². The molecule has 0 amide bonds. The second-order valence-electron chi connectivity index (χ2n) is 7.42. The van der Waals surface area contributed by atoms with Crippen LogP contribution in [0.5, 0.6) is 0 Å². The van der Waals surface area contributed by atoms with Crippen molar-refractivity contribution in [1.82, 2.24) is 0 Å². The summed E-state index contributed by atoms with van der Waals surface area (Å²) in [7, 11) is 0. The quantitative estimate of drug-likeness (QED) is 0.348. The number of hydrogen-bond acceptors (Lipinski definition) is 8. The van der Waals surface area contributed by atoms with Crippen LogP contribution < -0.4 is 0 Å². The van der Waals surface area contributed by atoms with E-state index >= 15 is 0 Å². The Morgan fingerprint density at radius 3 is 1.41 bits per heavy atom. The van der Waals surface area contributed by atoms with Crippen LogP contribution in [0.2, 0.25) is 0 Å². The number of aliphatic hydroxyl groups is 2. The summed E-state index contributed by atoms with van der Waals surface area (Å²) < 4.78 is 20.4. The third-order valence-electron chi connectivity index (χ3n) is 4.84. The van der Waals surface area contributed by atoms with Crippen LogP contribution in [0.3, 0.4) is 0 Å². The van der Waals surface area contributed by atoms with Crippen molar-refractivity contribution in [2.24, 2.45) is 0 Å². The van der Waals surface area contributed by atoms with Crippen molar-refractivity contribution in [2.75, 3.05) is 39.6 Å². The molecular weight excluding hydrogens is 440 g/mol. The molecule has 34 heavy (non-hydrogen) atoms. The maximum absolute atomic E-state index is 11.2. The Labute approximate surface area is 202 Å². The summed E-state index contributed by atoms with van der Waals surface area (Å²) in [6, 6.07) is 7.39. The SMILES string of the molecule is CCOC(=O)/C=C/c1ccc(/C=C/C(=O)OCC)cc1.OCCOC1CCC(OCCO)CC1. The van der Waals surface area contributed by atoms with Crippen molar-refractivity contribution in [3.8, 4) is 0 Å². The van der Waals surface area contributed by atoms with Crippen LogP contribution in [-0.4, -0.2) is 74.0 Å². The van der Waals surface area contributed by atoms with E-state index in [9.17, 15) is 9.59 Å². The third-order valence-corrected chi connectivity index (χ3v) is 4.84. The highest BCUT2D eigenvalue weighted by Crippen LogP contribution is 2.23. The first-order valence-electron chi connectivity index (χ1n) is 11.8. The zero-order chi connectivity index (χ0) is 25.0. The van der Waals surface area contributed by atoms with Crippen LogP contribution in [0.15, 0.2) is 36.4 Å². The minimum absolute atomic E-state index is 0.0982. The Morgan fingerprint density at radius 2 is 1.12 bits per heavy atom. The molecule has 0 atom stereocenters. The summed E-state index contributed by atoms with van der Waals surface area (Å²) in [4.78, 5) is 22.3. The molecule has 2 N–H and O–H groups in total. The predicted molar refractivity (Wildman–Crippen MR) is 130 cm³/mol. The first kappa shape index (κ1) is 29.5. The monoisotopic (exact) mass is 478 g/mol. The molecule has 190 valence electrons. The van der Waals surface area contributed by atoms with Gasteiger partial charge in [-0.1, -0.05) is 24.3 Å². The number of ether oxygens (including phenoxy) is 4. The van der Waals surface area contributed by atoms with Gasteiger partial charge in [0.15, 0.2) is 0 Å². The van der Waals surface area contributed by atoms with Gasteiger partial charge in [-0.2, -0.15) is 0 Å². The molecule has 0 saturated heterocycles. The average Bonchev–Trinajstić information content (AvgIpc) is 2.86. The van der Waals surface area contributed by atoms with Gasteiger partial charge in [0, 0.05) is 12.2 Å². The minimum atomic E-state index is -0.362. The molecular formula is C26H38O8. The second kappa shape index (κ2) is 18.9. The van der Waals surface area contributed by atoms with E-state index in [4.69, 9.17) is 29.2 Å². The molecule has 0 aliphatic heterocycles. The van der Waals surface area contributed by atoms with Crippen LogP contribution in [0.1, 0.15) is 50.7 Å².